The van der Waals surface area contributed by atoms with Gasteiger partial charge < -0.3 is 9.84 Å². The maximum Gasteiger partial charge on any atom is 0.339 e. The molecule has 1 aromatic heterocycles. The highest BCUT2D eigenvalue weighted by Gasteiger charge is 2.19. The Kier molecular flexibility index (Phi) is 3.01. The van der Waals surface area contributed by atoms with E-state index in [4.69, 9.17) is 9.84 Å². The molecule has 1 heterocycles. The summed E-state index contributed by atoms with van der Waals surface area (Å²) in [6.45, 7) is 0. The Balaban J connectivity index is 2.68. The molecule has 6 heteroatoms. The second-order valence-electron chi connectivity index (χ2n) is 3.71. The van der Waals surface area contributed by atoms with Crippen molar-refractivity contribution in [1.29, 1.82) is 0 Å². The highest BCUT2D eigenvalue weighted by Crippen LogP contribution is 2.31. The van der Waals surface area contributed by atoms with Gasteiger partial charge in [-0.3, -0.25) is 4.68 Å². The smallest absolute Gasteiger partial charge is 0.339 e. The van der Waals surface area contributed by atoms with Crippen LogP contribution in [-0.4, -0.2) is 28.0 Å². The van der Waals surface area contributed by atoms with Gasteiger partial charge in [-0.2, -0.15) is 5.10 Å². The normalized spacial score (nSPS) is 10.4. The van der Waals surface area contributed by atoms with Gasteiger partial charge in [0.2, 0.25) is 0 Å². The molecule has 1 N–H and O–H groups in total. The second kappa shape index (κ2) is 4.48. The van der Waals surface area contributed by atoms with Gasteiger partial charge in [-0.1, -0.05) is 0 Å². The molecule has 0 fully saturated rings. The predicted octanol–water partition coefficient (Wildman–Crippen LogP) is 1.93. The largest absolute Gasteiger partial charge is 0.496 e. The zero-order valence-electron chi connectivity index (χ0n) is 9.85. The van der Waals surface area contributed by atoms with Crippen LogP contribution in [0.25, 0.3) is 11.3 Å². The van der Waals surface area contributed by atoms with Crippen molar-refractivity contribution in [2.24, 2.45) is 7.05 Å². The first-order chi connectivity index (χ1) is 8.52. The number of hydrogen-bond acceptors (Lipinski definition) is 3. The Hall–Kier alpha value is -2.37. The third kappa shape index (κ3) is 2.04. The lowest BCUT2D eigenvalue weighted by Crippen LogP contribution is -1.98. The van der Waals surface area contributed by atoms with Crippen LogP contribution in [0.15, 0.2) is 24.4 Å². The van der Waals surface area contributed by atoms with Gasteiger partial charge in [-0.05, 0) is 18.2 Å². The van der Waals surface area contributed by atoms with Crippen molar-refractivity contribution in [1.82, 2.24) is 9.78 Å². The average molecular weight is 250 g/mol. The molecule has 0 amide bonds. The Bertz CT molecular complexity index is 607. The number of benzene rings is 1. The lowest BCUT2D eigenvalue weighted by atomic mass is 10.1. The number of aromatic nitrogens is 2. The molecule has 0 spiro atoms. The number of aryl methyl sites for hydroxylation is 1. The van der Waals surface area contributed by atoms with Crippen LogP contribution < -0.4 is 4.74 Å². The molecule has 0 saturated carbocycles. The Morgan fingerprint density at radius 3 is 2.83 bits per heavy atom. The number of carbonyl (C=O) groups is 1. The predicted molar refractivity (Wildman–Crippen MR) is 62.1 cm³/mol. The summed E-state index contributed by atoms with van der Waals surface area (Å²) in [4.78, 5) is 11.1. The fraction of sp³-hybridized carbons (Fsp3) is 0.167. The highest BCUT2D eigenvalue weighted by molar-refractivity contribution is 5.95. The molecular weight excluding hydrogens is 239 g/mol. The van der Waals surface area contributed by atoms with Crippen LogP contribution in [0.2, 0.25) is 0 Å². The number of carboxylic acids is 1. The van der Waals surface area contributed by atoms with E-state index in [-0.39, 0.29) is 11.3 Å². The van der Waals surface area contributed by atoms with Crippen molar-refractivity contribution in [3.8, 4) is 17.0 Å². The van der Waals surface area contributed by atoms with Gasteiger partial charge in [0.25, 0.3) is 0 Å². The SMILES string of the molecule is COc1ccc(F)cc1-c1nn(C)cc1C(=O)O. The monoisotopic (exact) mass is 250 g/mol. The van der Waals surface area contributed by atoms with E-state index in [1.54, 1.807) is 7.05 Å². The maximum absolute atomic E-state index is 13.3. The summed E-state index contributed by atoms with van der Waals surface area (Å²) >= 11 is 0. The summed E-state index contributed by atoms with van der Waals surface area (Å²) in [7, 11) is 3.03. The van der Waals surface area contributed by atoms with Gasteiger partial charge >= 0.3 is 5.97 Å². The first kappa shape index (κ1) is 12.1. The number of ether oxygens (including phenoxy) is 1. The minimum absolute atomic E-state index is 0.00130. The van der Waals surface area contributed by atoms with Gasteiger partial charge in [0, 0.05) is 18.8 Å². The molecule has 2 rings (SSSR count). The van der Waals surface area contributed by atoms with E-state index in [1.807, 2.05) is 0 Å². The topological polar surface area (TPSA) is 64.4 Å². The average Bonchev–Trinajstić information content (AvgIpc) is 2.71. The summed E-state index contributed by atoms with van der Waals surface area (Å²) in [6.07, 6.45) is 1.36. The van der Waals surface area contributed by atoms with Crippen LogP contribution in [0.1, 0.15) is 10.4 Å². The summed E-state index contributed by atoms with van der Waals surface area (Å²) in [6, 6.07) is 3.88. The number of carboxylic acid groups (broad SMARTS) is 1. The molecule has 0 aliphatic carbocycles. The highest BCUT2D eigenvalue weighted by atomic mass is 19.1. The molecule has 0 radical (unpaired) electrons. The molecule has 94 valence electrons. The van der Waals surface area contributed by atoms with Crippen molar-refractivity contribution >= 4 is 5.97 Å². The number of rotatable bonds is 3. The molecule has 2 aromatic rings. The molecule has 1 aromatic carbocycles. The number of nitrogens with zero attached hydrogens (tertiary/aromatic N) is 2. The maximum atomic E-state index is 13.3. The zero-order valence-corrected chi connectivity index (χ0v) is 9.85. The van der Waals surface area contributed by atoms with Crippen LogP contribution in [0, 0.1) is 5.82 Å². The van der Waals surface area contributed by atoms with E-state index in [9.17, 15) is 9.18 Å². The number of halogens is 1. The van der Waals surface area contributed by atoms with E-state index in [0.717, 1.165) is 0 Å². The molecule has 0 saturated heterocycles. The van der Waals surface area contributed by atoms with Crippen molar-refractivity contribution in [3.05, 3.63) is 35.8 Å². The first-order valence-electron chi connectivity index (χ1n) is 5.13. The van der Waals surface area contributed by atoms with E-state index in [0.29, 0.717) is 11.3 Å². The molecule has 0 bridgehead atoms. The first-order valence-corrected chi connectivity index (χ1v) is 5.13. The zero-order chi connectivity index (χ0) is 13.3. The summed E-state index contributed by atoms with van der Waals surface area (Å²) < 4.78 is 19.7. The van der Waals surface area contributed by atoms with Gasteiger partial charge in [-0.15, -0.1) is 0 Å². The van der Waals surface area contributed by atoms with Crippen molar-refractivity contribution in [2.45, 2.75) is 0 Å². The Morgan fingerprint density at radius 2 is 2.22 bits per heavy atom. The van der Waals surface area contributed by atoms with Crippen LogP contribution in [0.3, 0.4) is 0 Å². The van der Waals surface area contributed by atoms with E-state index in [1.165, 1.54) is 36.2 Å². The van der Waals surface area contributed by atoms with E-state index >= 15 is 0 Å². The quantitative estimate of drug-likeness (QED) is 0.904. The fourth-order valence-electron chi connectivity index (χ4n) is 1.71. The van der Waals surface area contributed by atoms with E-state index < -0.39 is 11.8 Å². The number of hydrogen-bond donors (Lipinski definition) is 1. The summed E-state index contributed by atoms with van der Waals surface area (Å²) in [5.74, 6) is -1.23. The van der Waals surface area contributed by atoms with Crippen molar-refractivity contribution in [2.75, 3.05) is 7.11 Å². The lowest BCUT2D eigenvalue weighted by Gasteiger charge is -2.06. The van der Waals surface area contributed by atoms with Crippen LogP contribution in [-0.2, 0) is 7.05 Å². The minimum atomic E-state index is -1.12. The Labute approximate surface area is 102 Å². The van der Waals surface area contributed by atoms with Gasteiger partial charge in [0.15, 0.2) is 0 Å². The second-order valence-corrected chi connectivity index (χ2v) is 3.71. The molecule has 0 unspecified atom stereocenters. The molecule has 0 aliphatic heterocycles. The van der Waals surface area contributed by atoms with Crippen molar-refractivity contribution < 1.29 is 19.0 Å². The van der Waals surface area contributed by atoms with Gasteiger partial charge in [0.05, 0.1) is 7.11 Å². The molecule has 5 nitrogen and oxygen atoms in total. The standard InChI is InChI=1S/C12H11FN2O3/c1-15-6-9(12(16)17)11(14-15)8-5-7(13)3-4-10(8)18-2/h3-6H,1-2H3,(H,16,17). The third-order valence-electron chi connectivity index (χ3n) is 2.48. The van der Waals surface area contributed by atoms with Crippen LogP contribution >= 0.6 is 0 Å². The minimum Gasteiger partial charge on any atom is -0.496 e. The summed E-state index contributed by atoms with van der Waals surface area (Å²) in [5, 5.41) is 13.1. The summed E-state index contributed by atoms with van der Waals surface area (Å²) in [5.41, 5.74) is 0.498. The lowest BCUT2D eigenvalue weighted by molar-refractivity contribution is 0.0697. The van der Waals surface area contributed by atoms with Crippen LogP contribution in [0.4, 0.5) is 4.39 Å². The molecule has 18 heavy (non-hydrogen) atoms. The Morgan fingerprint density at radius 1 is 1.50 bits per heavy atom. The molecular formula is C12H11FN2O3. The van der Waals surface area contributed by atoms with Crippen LogP contribution in [0.5, 0.6) is 5.75 Å². The van der Waals surface area contributed by atoms with Gasteiger partial charge in [0.1, 0.15) is 22.8 Å². The number of methoxy groups -OCH3 is 1. The number of aromatic carboxylic acids is 1. The van der Waals surface area contributed by atoms with E-state index in [2.05, 4.69) is 5.10 Å². The molecule has 0 aliphatic rings. The van der Waals surface area contributed by atoms with Gasteiger partial charge in [-0.25, -0.2) is 9.18 Å². The molecule has 0 atom stereocenters. The van der Waals surface area contributed by atoms with Crippen molar-refractivity contribution in [3.63, 3.8) is 0 Å². The third-order valence-corrected chi connectivity index (χ3v) is 2.48. The fourth-order valence-corrected chi connectivity index (χ4v) is 1.71.